The van der Waals surface area contributed by atoms with Gasteiger partial charge in [0.05, 0.1) is 27.1 Å². The Morgan fingerprint density at radius 2 is 1.36 bits per heavy atom. The summed E-state index contributed by atoms with van der Waals surface area (Å²) in [5, 5.41) is 8.48. The van der Waals surface area contributed by atoms with Crippen molar-refractivity contribution in [1.29, 1.82) is 0 Å². The minimum atomic E-state index is -0.552. The highest BCUT2D eigenvalue weighted by Gasteiger charge is 2.18. The van der Waals surface area contributed by atoms with Crippen LogP contribution in [0, 0.1) is 13.8 Å². The molecule has 4 aromatic carbocycles. The number of methoxy groups -OCH3 is 3. The molecule has 3 amide bonds. The first-order valence-corrected chi connectivity index (χ1v) is 15.0. The Kier molecular flexibility index (Phi) is 11.3. The smallest absolute Gasteiger partial charge is 0.272 e. The zero-order chi connectivity index (χ0) is 32.3. The molecule has 4 aromatic rings. The molecule has 10 heteroatoms. The maximum atomic E-state index is 13.5. The number of anilines is 2. The Morgan fingerprint density at radius 3 is 2.00 bits per heavy atom. The fourth-order valence-electron chi connectivity index (χ4n) is 4.26. The van der Waals surface area contributed by atoms with Gasteiger partial charge in [-0.05, 0) is 85.6 Å². The van der Waals surface area contributed by atoms with Crippen molar-refractivity contribution >= 4 is 46.9 Å². The number of rotatable bonds is 12. The highest BCUT2D eigenvalue weighted by atomic mass is 32.2. The van der Waals surface area contributed by atoms with E-state index in [0.29, 0.717) is 34.1 Å². The predicted octanol–water partition coefficient (Wildman–Crippen LogP) is 6.47. The summed E-state index contributed by atoms with van der Waals surface area (Å²) < 4.78 is 16.3. The molecule has 0 fully saturated rings. The van der Waals surface area contributed by atoms with Crippen LogP contribution in [0.25, 0.3) is 6.08 Å². The number of carbonyl (C=O) groups excluding carboxylic acids is 3. The Balaban J connectivity index is 1.49. The van der Waals surface area contributed by atoms with Gasteiger partial charge in [-0.3, -0.25) is 14.4 Å². The van der Waals surface area contributed by atoms with E-state index in [0.717, 1.165) is 21.7 Å². The molecule has 9 nitrogen and oxygen atoms in total. The van der Waals surface area contributed by atoms with Crippen molar-refractivity contribution in [1.82, 2.24) is 5.32 Å². The number of aryl methyl sites for hydroxylation is 2. The largest absolute Gasteiger partial charge is 0.496 e. The van der Waals surface area contributed by atoms with Crippen LogP contribution in [0.2, 0.25) is 0 Å². The van der Waals surface area contributed by atoms with Crippen LogP contribution in [0.5, 0.6) is 17.2 Å². The van der Waals surface area contributed by atoms with Crippen LogP contribution in [0.3, 0.4) is 0 Å². The third-order valence-electron chi connectivity index (χ3n) is 6.84. The van der Waals surface area contributed by atoms with Gasteiger partial charge in [-0.25, -0.2) is 0 Å². The Bertz CT molecular complexity index is 1700. The molecule has 0 saturated carbocycles. The normalized spacial score (nSPS) is 10.9. The van der Waals surface area contributed by atoms with Gasteiger partial charge in [-0.15, -0.1) is 11.8 Å². The Morgan fingerprint density at radius 1 is 0.711 bits per heavy atom. The number of ether oxygens (including phenoxy) is 3. The van der Waals surface area contributed by atoms with Gasteiger partial charge < -0.3 is 30.2 Å². The van der Waals surface area contributed by atoms with Crippen molar-refractivity contribution in [3.63, 3.8) is 0 Å². The van der Waals surface area contributed by atoms with E-state index in [9.17, 15) is 14.4 Å². The molecule has 232 valence electrons. The van der Waals surface area contributed by atoms with Gasteiger partial charge in [0.2, 0.25) is 5.91 Å². The molecule has 45 heavy (non-hydrogen) atoms. The number of carbonyl (C=O) groups is 3. The van der Waals surface area contributed by atoms with Crippen LogP contribution >= 0.6 is 11.8 Å². The molecule has 0 bridgehead atoms. The summed E-state index contributed by atoms with van der Waals surface area (Å²) >= 11 is 1.38. The number of nitrogens with one attached hydrogen (secondary N) is 3. The molecule has 0 aliphatic rings. The molecular weight excluding hydrogens is 590 g/mol. The topological polar surface area (TPSA) is 115 Å². The van der Waals surface area contributed by atoms with E-state index in [2.05, 4.69) is 16.0 Å². The lowest BCUT2D eigenvalue weighted by atomic mass is 10.1. The molecule has 0 saturated heterocycles. The summed E-state index contributed by atoms with van der Waals surface area (Å²) in [5.74, 6) is 0.391. The number of amides is 3. The van der Waals surface area contributed by atoms with Crippen molar-refractivity contribution in [2.75, 3.05) is 37.7 Å². The maximum absolute atomic E-state index is 13.5. The van der Waals surface area contributed by atoms with Crippen LogP contribution in [0.4, 0.5) is 11.4 Å². The molecule has 0 heterocycles. The SMILES string of the molecule is COc1cc(OC)c(OC)cc1/C=C(\NC(=O)c1ccccc1)C(=O)Nc1ccc(SCC(=O)Nc2ccc(C)c(C)c2)cc1. The third-order valence-corrected chi connectivity index (χ3v) is 7.85. The zero-order valence-electron chi connectivity index (χ0n) is 25.7. The van der Waals surface area contributed by atoms with E-state index in [1.54, 1.807) is 54.6 Å². The van der Waals surface area contributed by atoms with Crippen LogP contribution in [-0.4, -0.2) is 44.8 Å². The van der Waals surface area contributed by atoms with Crippen molar-refractivity contribution in [3.05, 3.63) is 113 Å². The van der Waals surface area contributed by atoms with E-state index in [1.807, 2.05) is 44.2 Å². The Hall–Kier alpha value is -5.22. The standard InChI is InChI=1S/C35H35N3O6S/c1-22-11-12-27(17-23(22)2)36-33(39)21-45-28-15-13-26(14-16-28)37-35(41)29(38-34(40)24-9-7-6-8-10-24)18-25-19-31(43-4)32(44-5)20-30(25)42-3/h6-20H,21H2,1-5H3,(H,36,39)(H,37,41)(H,38,40)/b29-18-. The van der Waals surface area contributed by atoms with Crippen LogP contribution in [-0.2, 0) is 9.59 Å². The van der Waals surface area contributed by atoms with E-state index in [-0.39, 0.29) is 17.4 Å². The van der Waals surface area contributed by atoms with Crippen molar-refractivity contribution < 1.29 is 28.6 Å². The van der Waals surface area contributed by atoms with Crippen molar-refractivity contribution in [2.24, 2.45) is 0 Å². The first-order chi connectivity index (χ1) is 21.7. The molecule has 0 aliphatic heterocycles. The fraction of sp³-hybridized carbons (Fsp3) is 0.171. The number of hydrogen-bond acceptors (Lipinski definition) is 7. The summed E-state index contributed by atoms with van der Waals surface area (Å²) in [6.07, 6.45) is 1.51. The van der Waals surface area contributed by atoms with Gasteiger partial charge >= 0.3 is 0 Å². The second-order valence-corrected chi connectivity index (χ2v) is 11.0. The Labute approximate surface area is 267 Å². The molecule has 0 radical (unpaired) electrons. The van der Waals surface area contributed by atoms with Crippen LogP contribution in [0.1, 0.15) is 27.0 Å². The zero-order valence-corrected chi connectivity index (χ0v) is 26.5. The van der Waals surface area contributed by atoms with Gasteiger partial charge in [-0.2, -0.15) is 0 Å². The van der Waals surface area contributed by atoms with Gasteiger partial charge in [0.25, 0.3) is 11.8 Å². The molecule has 0 aliphatic carbocycles. The second kappa shape index (κ2) is 15.5. The van der Waals surface area contributed by atoms with Gasteiger partial charge in [0.15, 0.2) is 11.5 Å². The van der Waals surface area contributed by atoms with Crippen molar-refractivity contribution in [3.8, 4) is 17.2 Å². The van der Waals surface area contributed by atoms with Crippen molar-refractivity contribution in [2.45, 2.75) is 18.7 Å². The molecule has 3 N–H and O–H groups in total. The molecular formula is C35H35N3O6S. The average molecular weight is 626 g/mol. The first kappa shape index (κ1) is 32.7. The summed E-state index contributed by atoms with van der Waals surface area (Å²) in [7, 11) is 4.51. The van der Waals surface area contributed by atoms with E-state index in [4.69, 9.17) is 14.2 Å². The summed E-state index contributed by atoms with van der Waals surface area (Å²) in [4.78, 5) is 39.9. The highest BCUT2D eigenvalue weighted by Crippen LogP contribution is 2.35. The molecule has 4 rings (SSSR count). The lowest BCUT2D eigenvalue weighted by Crippen LogP contribution is -2.30. The van der Waals surface area contributed by atoms with E-state index >= 15 is 0 Å². The fourth-order valence-corrected chi connectivity index (χ4v) is 4.96. The predicted molar refractivity (Wildman–Crippen MR) is 178 cm³/mol. The first-order valence-electron chi connectivity index (χ1n) is 14.0. The second-order valence-electron chi connectivity index (χ2n) is 9.94. The summed E-state index contributed by atoms with van der Waals surface area (Å²) in [6.45, 7) is 4.03. The lowest BCUT2D eigenvalue weighted by molar-refractivity contribution is -0.114. The summed E-state index contributed by atoms with van der Waals surface area (Å²) in [5.41, 5.74) is 4.39. The number of benzene rings is 4. The average Bonchev–Trinajstić information content (AvgIpc) is 3.05. The minimum Gasteiger partial charge on any atom is -0.496 e. The lowest BCUT2D eigenvalue weighted by Gasteiger charge is -2.15. The van der Waals surface area contributed by atoms with Gasteiger partial charge in [0.1, 0.15) is 11.4 Å². The van der Waals surface area contributed by atoms with E-state index < -0.39 is 11.8 Å². The molecule has 0 aromatic heterocycles. The van der Waals surface area contributed by atoms with Crippen LogP contribution < -0.4 is 30.2 Å². The highest BCUT2D eigenvalue weighted by molar-refractivity contribution is 8.00. The van der Waals surface area contributed by atoms with Gasteiger partial charge in [0, 0.05) is 33.5 Å². The molecule has 0 unspecified atom stereocenters. The summed E-state index contributed by atoms with van der Waals surface area (Å²) in [6, 6.07) is 24.8. The molecule has 0 spiro atoms. The maximum Gasteiger partial charge on any atom is 0.272 e. The number of thioether (sulfide) groups is 1. The van der Waals surface area contributed by atoms with Crippen LogP contribution in [0.15, 0.2) is 95.5 Å². The monoisotopic (exact) mass is 625 g/mol. The van der Waals surface area contributed by atoms with Gasteiger partial charge in [-0.1, -0.05) is 24.3 Å². The number of hydrogen-bond donors (Lipinski definition) is 3. The quantitative estimate of drug-likeness (QED) is 0.122. The third kappa shape index (κ3) is 8.90. The molecule has 0 atom stereocenters. The van der Waals surface area contributed by atoms with E-state index in [1.165, 1.54) is 39.2 Å². The minimum absolute atomic E-state index is 0.0177.